The number of nitrogens with one attached hydrogen (secondary N) is 1. The molecule has 1 aliphatic carbocycles. The molecule has 2 fully saturated rings. The molecule has 1 N–H and O–H groups in total. The molecule has 1 aliphatic heterocycles. The first-order chi connectivity index (χ1) is 12.6. The second-order valence-corrected chi connectivity index (χ2v) is 7.36. The number of fused-ring (bicyclic) bond motifs is 1. The lowest BCUT2D eigenvalue weighted by atomic mass is 9.84. The summed E-state index contributed by atoms with van der Waals surface area (Å²) >= 11 is 0. The lowest BCUT2D eigenvalue weighted by Gasteiger charge is -2.29. The molecule has 7 heteroatoms. The zero-order chi connectivity index (χ0) is 18.1. The first kappa shape index (κ1) is 17.0. The van der Waals surface area contributed by atoms with E-state index in [2.05, 4.69) is 16.4 Å². The number of amides is 2. The fourth-order valence-electron chi connectivity index (χ4n) is 3.93. The van der Waals surface area contributed by atoms with Crippen LogP contribution in [0.5, 0.6) is 0 Å². The average Bonchev–Trinajstić information content (AvgIpc) is 3.18. The topological polar surface area (TPSA) is 80.1 Å². The van der Waals surface area contributed by atoms with Gasteiger partial charge >= 0.3 is 0 Å². The molecule has 26 heavy (non-hydrogen) atoms. The van der Waals surface area contributed by atoms with Crippen molar-refractivity contribution in [2.75, 3.05) is 19.6 Å². The first-order valence-electron chi connectivity index (χ1n) is 9.48. The third kappa shape index (κ3) is 3.18. The van der Waals surface area contributed by atoms with Gasteiger partial charge in [0.05, 0.1) is 12.2 Å². The molecule has 1 saturated carbocycles. The van der Waals surface area contributed by atoms with Crippen molar-refractivity contribution in [1.82, 2.24) is 25.0 Å². The van der Waals surface area contributed by atoms with Crippen molar-refractivity contribution in [2.24, 2.45) is 5.92 Å². The third-order valence-corrected chi connectivity index (χ3v) is 5.57. The Hall–Kier alpha value is -2.44. The highest BCUT2D eigenvalue weighted by Crippen LogP contribution is 2.34. The number of rotatable bonds is 5. The van der Waals surface area contributed by atoms with Gasteiger partial charge in [-0.2, -0.15) is 5.10 Å². The average molecular weight is 355 g/mol. The molecule has 0 radical (unpaired) electrons. The summed E-state index contributed by atoms with van der Waals surface area (Å²) in [6.45, 7) is 4.20. The van der Waals surface area contributed by atoms with Crippen molar-refractivity contribution in [1.29, 1.82) is 0 Å². The molecule has 0 spiro atoms. The predicted molar refractivity (Wildman–Crippen MR) is 97.5 cm³/mol. The zero-order valence-corrected chi connectivity index (χ0v) is 15.1. The lowest BCUT2D eigenvalue weighted by molar-refractivity contribution is -0.137. The molecule has 138 valence electrons. The molecule has 3 heterocycles. The molecule has 2 amide bonds. The second kappa shape index (κ2) is 7.05. The summed E-state index contributed by atoms with van der Waals surface area (Å²) in [6, 6.07) is 3.98. The minimum absolute atomic E-state index is 0.0458. The molecule has 0 unspecified atom stereocenters. The molecule has 2 aromatic rings. The van der Waals surface area contributed by atoms with E-state index in [1.807, 2.05) is 15.6 Å². The number of hydrogen-bond acceptors (Lipinski definition) is 4. The molecule has 0 bridgehead atoms. The van der Waals surface area contributed by atoms with E-state index in [0.717, 1.165) is 49.1 Å². The maximum atomic E-state index is 12.5. The highest BCUT2D eigenvalue weighted by atomic mass is 16.2. The zero-order valence-electron chi connectivity index (χ0n) is 15.1. The van der Waals surface area contributed by atoms with Crippen molar-refractivity contribution < 1.29 is 9.59 Å². The summed E-state index contributed by atoms with van der Waals surface area (Å²) < 4.78 is 1.87. The Morgan fingerprint density at radius 2 is 2.15 bits per heavy atom. The van der Waals surface area contributed by atoms with Gasteiger partial charge in [-0.3, -0.25) is 9.59 Å². The van der Waals surface area contributed by atoms with Gasteiger partial charge in [-0.05, 0) is 31.4 Å². The highest BCUT2D eigenvalue weighted by Gasteiger charge is 2.35. The van der Waals surface area contributed by atoms with Crippen LogP contribution in [0.4, 0.5) is 0 Å². The van der Waals surface area contributed by atoms with Crippen LogP contribution in [0.15, 0.2) is 18.3 Å². The van der Waals surface area contributed by atoms with Crippen molar-refractivity contribution in [2.45, 2.75) is 45.1 Å². The van der Waals surface area contributed by atoms with Gasteiger partial charge in [-0.15, -0.1) is 0 Å². The van der Waals surface area contributed by atoms with Crippen LogP contribution in [0.2, 0.25) is 0 Å². The summed E-state index contributed by atoms with van der Waals surface area (Å²) in [5, 5.41) is 8.66. The van der Waals surface area contributed by atoms with E-state index in [0.29, 0.717) is 19.0 Å². The molecule has 0 aromatic carbocycles. The molecule has 1 atom stereocenters. The number of carbonyl (C=O) groups excluding carboxylic acids is 2. The van der Waals surface area contributed by atoms with E-state index >= 15 is 0 Å². The van der Waals surface area contributed by atoms with E-state index in [9.17, 15) is 9.59 Å². The molecule has 4 rings (SSSR count). The van der Waals surface area contributed by atoms with Gasteiger partial charge in [0, 0.05) is 50.0 Å². The van der Waals surface area contributed by atoms with Crippen LogP contribution in [0, 0.1) is 5.92 Å². The van der Waals surface area contributed by atoms with Crippen molar-refractivity contribution in [3.05, 3.63) is 24.0 Å². The van der Waals surface area contributed by atoms with Crippen LogP contribution in [-0.2, 0) is 16.1 Å². The Kier molecular flexibility index (Phi) is 4.61. The van der Waals surface area contributed by atoms with Crippen molar-refractivity contribution in [3.8, 4) is 0 Å². The molecule has 1 saturated heterocycles. The summed E-state index contributed by atoms with van der Waals surface area (Å²) in [4.78, 5) is 30.1. The van der Waals surface area contributed by atoms with Gasteiger partial charge in [-0.25, -0.2) is 9.67 Å². The lowest BCUT2D eigenvalue weighted by Crippen LogP contribution is -2.37. The summed E-state index contributed by atoms with van der Waals surface area (Å²) in [5.74, 6) is 0.789. The normalized spacial score (nSPS) is 20.3. The quantitative estimate of drug-likeness (QED) is 0.885. The maximum Gasteiger partial charge on any atom is 0.225 e. The number of hydrogen-bond donors (Lipinski definition) is 1. The number of nitrogens with zero attached hydrogens (tertiary/aromatic N) is 4. The number of likely N-dealkylation sites (tertiary alicyclic amines) is 1. The van der Waals surface area contributed by atoms with Gasteiger partial charge in [0.15, 0.2) is 5.65 Å². The Morgan fingerprint density at radius 3 is 2.88 bits per heavy atom. The standard InChI is InChI=1S/C19H25N5O2/c1-13(25)20-9-11-24-18-16(6-3-8-21-18)17(22-24)15-7-10-23(12-15)19(26)14-4-2-5-14/h3,6,8,14-15H,2,4-5,7,9-12H2,1H3,(H,20,25)/t15-/m1/s1. The summed E-state index contributed by atoms with van der Waals surface area (Å²) in [7, 11) is 0. The molecule has 2 aromatic heterocycles. The van der Waals surface area contributed by atoms with E-state index in [4.69, 9.17) is 5.10 Å². The minimum atomic E-state index is -0.0458. The number of aromatic nitrogens is 3. The van der Waals surface area contributed by atoms with E-state index < -0.39 is 0 Å². The van der Waals surface area contributed by atoms with Crippen LogP contribution in [0.3, 0.4) is 0 Å². The Morgan fingerprint density at radius 1 is 1.31 bits per heavy atom. The van der Waals surface area contributed by atoms with Gasteiger partial charge in [-0.1, -0.05) is 6.42 Å². The Bertz CT molecular complexity index is 826. The third-order valence-electron chi connectivity index (χ3n) is 5.57. The van der Waals surface area contributed by atoms with E-state index in [1.54, 1.807) is 6.20 Å². The molecular weight excluding hydrogens is 330 g/mol. The van der Waals surface area contributed by atoms with E-state index in [1.165, 1.54) is 13.3 Å². The minimum Gasteiger partial charge on any atom is -0.354 e. The van der Waals surface area contributed by atoms with Gasteiger partial charge in [0.2, 0.25) is 11.8 Å². The van der Waals surface area contributed by atoms with Crippen LogP contribution in [0.1, 0.15) is 44.2 Å². The second-order valence-electron chi connectivity index (χ2n) is 7.36. The summed E-state index contributed by atoms with van der Waals surface area (Å²) in [6.07, 6.45) is 5.99. The van der Waals surface area contributed by atoms with Crippen molar-refractivity contribution in [3.63, 3.8) is 0 Å². The Balaban J connectivity index is 1.52. The predicted octanol–water partition coefficient (Wildman–Crippen LogP) is 1.68. The van der Waals surface area contributed by atoms with Crippen molar-refractivity contribution >= 4 is 22.8 Å². The summed E-state index contributed by atoms with van der Waals surface area (Å²) in [5.41, 5.74) is 1.87. The van der Waals surface area contributed by atoms with Gasteiger partial charge < -0.3 is 10.2 Å². The molecule has 2 aliphatic rings. The van der Waals surface area contributed by atoms with Crippen LogP contribution >= 0.6 is 0 Å². The van der Waals surface area contributed by atoms with E-state index in [-0.39, 0.29) is 17.7 Å². The fraction of sp³-hybridized carbons (Fsp3) is 0.579. The van der Waals surface area contributed by atoms with Crippen LogP contribution in [-0.4, -0.2) is 51.1 Å². The smallest absolute Gasteiger partial charge is 0.225 e. The molecule has 7 nitrogen and oxygen atoms in total. The van der Waals surface area contributed by atoms with Crippen LogP contribution < -0.4 is 5.32 Å². The number of carbonyl (C=O) groups is 2. The number of pyridine rings is 1. The van der Waals surface area contributed by atoms with Gasteiger partial charge in [0.25, 0.3) is 0 Å². The largest absolute Gasteiger partial charge is 0.354 e. The monoisotopic (exact) mass is 355 g/mol. The first-order valence-corrected chi connectivity index (χ1v) is 9.48. The SMILES string of the molecule is CC(=O)NCCn1nc([C@@H]2CCN(C(=O)C3CCC3)C2)c2cccnc21. The highest BCUT2D eigenvalue weighted by molar-refractivity contribution is 5.81. The molecular formula is C19H25N5O2. The van der Waals surface area contributed by atoms with Gasteiger partial charge in [0.1, 0.15) is 0 Å². The Labute approximate surface area is 152 Å². The van der Waals surface area contributed by atoms with Crippen LogP contribution in [0.25, 0.3) is 11.0 Å². The fourth-order valence-corrected chi connectivity index (χ4v) is 3.93. The maximum absolute atomic E-state index is 12.5.